The van der Waals surface area contributed by atoms with Crippen LogP contribution in [-0.2, 0) is 5.54 Å². The lowest BCUT2D eigenvalue weighted by molar-refractivity contribution is 0.0947. The molecule has 0 spiro atoms. The summed E-state index contributed by atoms with van der Waals surface area (Å²) >= 11 is 0. The molecule has 1 saturated carbocycles. The zero-order valence-electron chi connectivity index (χ0n) is 14.1. The molecule has 0 radical (unpaired) electrons. The fourth-order valence-electron chi connectivity index (χ4n) is 2.37. The quantitative estimate of drug-likeness (QED) is 0.756. The minimum atomic E-state index is -0.0842. The SMILES string of the molecule is CCCNCCNC(=O)c1cc(C2CC2)n(C(C)(C)C)n1.Cl. The molecular formula is C16H29ClN4O. The van der Waals surface area contributed by atoms with E-state index in [0.717, 1.165) is 19.5 Å². The van der Waals surface area contributed by atoms with Crippen molar-refractivity contribution in [2.45, 2.75) is 58.4 Å². The average molecular weight is 329 g/mol. The van der Waals surface area contributed by atoms with Crippen molar-refractivity contribution in [2.24, 2.45) is 0 Å². The summed E-state index contributed by atoms with van der Waals surface area (Å²) in [7, 11) is 0. The van der Waals surface area contributed by atoms with Gasteiger partial charge in [-0.1, -0.05) is 6.92 Å². The molecule has 1 aliphatic rings. The molecule has 0 aromatic carbocycles. The van der Waals surface area contributed by atoms with Crippen LogP contribution in [0, 0.1) is 0 Å². The van der Waals surface area contributed by atoms with Gasteiger partial charge < -0.3 is 10.6 Å². The lowest BCUT2D eigenvalue weighted by Crippen LogP contribution is -2.32. The van der Waals surface area contributed by atoms with Crippen LogP contribution in [-0.4, -0.2) is 35.3 Å². The summed E-state index contributed by atoms with van der Waals surface area (Å²) in [6.45, 7) is 10.9. The predicted molar refractivity (Wildman–Crippen MR) is 91.9 cm³/mol. The summed E-state index contributed by atoms with van der Waals surface area (Å²) < 4.78 is 2.02. The molecule has 1 heterocycles. The first kappa shape index (κ1) is 19.0. The molecule has 0 atom stereocenters. The molecule has 5 nitrogen and oxygen atoms in total. The topological polar surface area (TPSA) is 58.9 Å². The van der Waals surface area contributed by atoms with Gasteiger partial charge in [-0.05, 0) is 52.6 Å². The van der Waals surface area contributed by atoms with Crippen molar-refractivity contribution in [1.29, 1.82) is 0 Å². The maximum absolute atomic E-state index is 12.2. The van der Waals surface area contributed by atoms with Crippen molar-refractivity contribution in [1.82, 2.24) is 20.4 Å². The summed E-state index contributed by atoms with van der Waals surface area (Å²) in [6, 6.07) is 1.97. The molecule has 6 heteroatoms. The first-order valence-corrected chi connectivity index (χ1v) is 8.03. The van der Waals surface area contributed by atoms with E-state index in [1.165, 1.54) is 18.5 Å². The highest BCUT2D eigenvalue weighted by molar-refractivity contribution is 5.92. The molecule has 0 bridgehead atoms. The van der Waals surface area contributed by atoms with Gasteiger partial charge >= 0.3 is 0 Å². The van der Waals surface area contributed by atoms with Crippen molar-refractivity contribution >= 4 is 18.3 Å². The van der Waals surface area contributed by atoms with E-state index in [4.69, 9.17) is 0 Å². The third kappa shape index (κ3) is 4.99. The van der Waals surface area contributed by atoms with Crippen LogP contribution >= 0.6 is 12.4 Å². The Morgan fingerprint density at radius 3 is 2.55 bits per heavy atom. The molecule has 2 N–H and O–H groups in total. The fourth-order valence-corrected chi connectivity index (χ4v) is 2.37. The van der Waals surface area contributed by atoms with E-state index in [1.54, 1.807) is 0 Å². The van der Waals surface area contributed by atoms with Gasteiger partial charge in [-0.25, -0.2) is 0 Å². The molecule has 1 amide bonds. The van der Waals surface area contributed by atoms with Crippen LogP contribution in [0.1, 0.15) is 69.1 Å². The second-order valence-corrected chi connectivity index (χ2v) is 6.82. The zero-order chi connectivity index (χ0) is 15.5. The Morgan fingerprint density at radius 1 is 1.32 bits per heavy atom. The van der Waals surface area contributed by atoms with Gasteiger partial charge in [0.1, 0.15) is 5.69 Å². The van der Waals surface area contributed by atoms with Gasteiger partial charge in [0.2, 0.25) is 0 Å². The highest BCUT2D eigenvalue weighted by Gasteiger charge is 2.32. The van der Waals surface area contributed by atoms with Crippen molar-refractivity contribution in [2.75, 3.05) is 19.6 Å². The molecule has 1 aromatic rings. The van der Waals surface area contributed by atoms with Crippen LogP contribution in [0.5, 0.6) is 0 Å². The lowest BCUT2D eigenvalue weighted by atomic mass is 10.1. The molecule has 0 saturated heterocycles. The number of amides is 1. The maximum atomic E-state index is 12.2. The summed E-state index contributed by atoms with van der Waals surface area (Å²) in [4.78, 5) is 12.2. The van der Waals surface area contributed by atoms with Crippen molar-refractivity contribution < 1.29 is 4.79 Å². The van der Waals surface area contributed by atoms with Crippen LogP contribution in [0.25, 0.3) is 0 Å². The van der Waals surface area contributed by atoms with Gasteiger partial charge in [-0.15, -0.1) is 12.4 Å². The molecule has 2 rings (SSSR count). The lowest BCUT2D eigenvalue weighted by Gasteiger charge is -2.22. The molecular weight excluding hydrogens is 300 g/mol. The largest absolute Gasteiger partial charge is 0.349 e. The Hall–Kier alpha value is -1.07. The second-order valence-electron chi connectivity index (χ2n) is 6.82. The van der Waals surface area contributed by atoms with E-state index in [-0.39, 0.29) is 23.9 Å². The second kappa shape index (κ2) is 7.97. The van der Waals surface area contributed by atoms with E-state index < -0.39 is 0 Å². The number of rotatable bonds is 7. The third-order valence-electron chi connectivity index (χ3n) is 3.61. The number of halogens is 1. The van der Waals surface area contributed by atoms with E-state index in [1.807, 2.05) is 10.7 Å². The smallest absolute Gasteiger partial charge is 0.271 e. The normalized spacial score (nSPS) is 14.5. The molecule has 22 heavy (non-hydrogen) atoms. The molecule has 126 valence electrons. The van der Waals surface area contributed by atoms with Gasteiger partial charge in [0.25, 0.3) is 5.91 Å². The molecule has 1 aromatic heterocycles. The maximum Gasteiger partial charge on any atom is 0.271 e. The van der Waals surface area contributed by atoms with Crippen LogP contribution < -0.4 is 10.6 Å². The fraction of sp³-hybridized carbons (Fsp3) is 0.750. The van der Waals surface area contributed by atoms with Crippen molar-refractivity contribution in [3.63, 3.8) is 0 Å². The highest BCUT2D eigenvalue weighted by Crippen LogP contribution is 2.41. The van der Waals surface area contributed by atoms with E-state index in [0.29, 0.717) is 18.2 Å². The third-order valence-corrected chi connectivity index (χ3v) is 3.61. The van der Waals surface area contributed by atoms with Gasteiger partial charge in [0.05, 0.1) is 5.54 Å². The summed E-state index contributed by atoms with van der Waals surface area (Å²) in [6.07, 6.45) is 3.53. The minimum absolute atomic E-state index is 0. The summed E-state index contributed by atoms with van der Waals surface area (Å²) in [5, 5.41) is 10.7. The average Bonchev–Trinajstić information content (AvgIpc) is 3.15. The molecule has 1 aliphatic carbocycles. The monoisotopic (exact) mass is 328 g/mol. The van der Waals surface area contributed by atoms with Gasteiger partial charge in [0, 0.05) is 24.7 Å². The molecule has 0 aliphatic heterocycles. The Kier molecular flexibility index (Phi) is 6.88. The Bertz CT molecular complexity index is 489. The van der Waals surface area contributed by atoms with Crippen LogP contribution in [0.15, 0.2) is 6.07 Å². The van der Waals surface area contributed by atoms with Crippen LogP contribution in [0.4, 0.5) is 0 Å². The number of nitrogens with one attached hydrogen (secondary N) is 2. The number of nitrogens with zero attached hydrogens (tertiary/aromatic N) is 2. The Labute approximate surface area is 139 Å². The van der Waals surface area contributed by atoms with Crippen molar-refractivity contribution in [3.05, 3.63) is 17.5 Å². The van der Waals surface area contributed by atoms with Crippen LogP contribution in [0.3, 0.4) is 0 Å². The Balaban J connectivity index is 0.00000242. The van der Waals surface area contributed by atoms with Gasteiger partial charge in [-0.3, -0.25) is 9.48 Å². The van der Waals surface area contributed by atoms with Crippen LogP contribution in [0.2, 0.25) is 0 Å². The Morgan fingerprint density at radius 2 is 2.00 bits per heavy atom. The minimum Gasteiger partial charge on any atom is -0.349 e. The number of aromatic nitrogens is 2. The first-order chi connectivity index (χ1) is 9.93. The first-order valence-electron chi connectivity index (χ1n) is 8.03. The van der Waals surface area contributed by atoms with E-state index >= 15 is 0 Å². The van der Waals surface area contributed by atoms with E-state index in [2.05, 4.69) is 43.4 Å². The number of hydrogen-bond donors (Lipinski definition) is 2. The van der Waals surface area contributed by atoms with E-state index in [9.17, 15) is 4.79 Å². The molecule has 1 fully saturated rings. The number of carbonyl (C=O) groups is 1. The van der Waals surface area contributed by atoms with Gasteiger partial charge in [-0.2, -0.15) is 5.10 Å². The molecule has 0 unspecified atom stereocenters. The zero-order valence-corrected chi connectivity index (χ0v) is 14.9. The number of hydrogen-bond acceptors (Lipinski definition) is 3. The standard InChI is InChI=1S/C16H28N4O.ClH/c1-5-8-17-9-10-18-15(21)13-11-14(12-6-7-12)20(19-13)16(2,3)4;/h11-12,17H,5-10H2,1-4H3,(H,18,21);1H. The number of carbonyl (C=O) groups excluding carboxylic acids is 1. The summed E-state index contributed by atoms with van der Waals surface area (Å²) in [5.41, 5.74) is 1.66. The van der Waals surface area contributed by atoms with Crippen molar-refractivity contribution in [3.8, 4) is 0 Å². The highest BCUT2D eigenvalue weighted by atomic mass is 35.5. The summed E-state index contributed by atoms with van der Waals surface area (Å²) in [5.74, 6) is 0.516. The predicted octanol–water partition coefficient (Wildman–Crippen LogP) is 2.67. The van der Waals surface area contributed by atoms with Gasteiger partial charge in [0.15, 0.2) is 0 Å².